The van der Waals surface area contributed by atoms with Crippen LogP contribution in [0.1, 0.15) is 57.1 Å². The van der Waals surface area contributed by atoms with Crippen LogP contribution in [-0.4, -0.2) is 97.9 Å². The topological polar surface area (TPSA) is 91.4 Å². The number of alkyl carbamates (subject to hydrolysis) is 1. The van der Waals surface area contributed by atoms with Crippen molar-refractivity contribution in [3.63, 3.8) is 0 Å². The standard InChI is InChI=1S/C32H44N4O5/c1-32(2,3)41-30(38)33-23(11-10-16-34(4)5)21-29(37)35-17-19-36(20-18-35)31(39)40-22-28-26-14-8-6-12-24(26)25-13-7-9-15-27(25)28/h6-9,12-15,23,28H,10-11,16-22H2,1-5H3,(H,33,38)/t23-/m0/s1. The molecule has 222 valence electrons. The Bertz CT molecular complexity index is 1170. The molecular formula is C32H44N4O5. The average molecular weight is 565 g/mol. The van der Waals surface area contributed by atoms with Crippen molar-refractivity contribution in [2.45, 2.75) is 57.6 Å². The summed E-state index contributed by atoms with van der Waals surface area (Å²) >= 11 is 0. The van der Waals surface area contributed by atoms with Crippen LogP contribution >= 0.6 is 0 Å². The summed E-state index contributed by atoms with van der Waals surface area (Å²) in [7, 11) is 4.00. The minimum atomic E-state index is -0.613. The fourth-order valence-corrected chi connectivity index (χ4v) is 5.52. The van der Waals surface area contributed by atoms with Gasteiger partial charge in [-0.1, -0.05) is 48.5 Å². The van der Waals surface area contributed by atoms with Crippen LogP contribution in [0.4, 0.5) is 9.59 Å². The third kappa shape index (κ3) is 8.22. The summed E-state index contributed by atoms with van der Waals surface area (Å²) in [5, 5.41) is 2.89. The van der Waals surface area contributed by atoms with E-state index < -0.39 is 11.7 Å². The second kappa shape index (κ2) is 13.4. The lowest BCUT2D eigenvalue weighted by molar-refractivity contribution is -0.133. The summed E-state index contributed by atoms with van der Waals surface area (Å²) in [6.07, 6.45) is 0.837. The molecule has 1 aliphatic heterocycles. The zero-order valence-corrected chi connectivity index (χ0v) is 25.0. The Balaban J connectivity index is 1.27. The van der Waals surface area contributed by atoms with Gasteiger partial charge in [0.15, 0.2) is 0 Å². The van der Waals surface area contributed by atoms with Crippen molar-refractivity contribution >= 4 is 18.1 Å². The highest BCUT2D eigenvalue weighted by molar-refractivity contribution is 5.80. The largest absolute Gasteiger partial charge is 0.448 e. The van der Waals surface area contributed by atoms with Crippen LogP contribution in [-0.2, 0) is 14.3 Å². The third-order valence-corrected chi connectivity index (χ3v) is 7.53. The van der Waals surface area contributed by atoms with Gasteiger partial charge in [-0.25, -0.2) is 9.59 Å². The first-order valence-corrected chi connectivity index (χ1v) is 14.5. The average Bonchev–Trinajstić information content (AvgIpc) is 3.24. The lowest BCUT2D eigenvalue weighted by atomic mass is 9.98. The molecule has 1 fully saturated rings. The first-order valence-electron chi connectivity index (χ1n) is 14.5. The van der Waals surface area contributed by atoms with E-state index in [4.69, 9.17) is 9.47 Å². The van der Waals surface area contributed by atoms with Crippen LogP contribution in [0.15, 0.2) is 48.5 Å². The van der Waals surface area contributed by atoms with E-state index in [9.17, 15) is 14.4 Å². The zero-order valence-electron chi connectivity index (χ0n) is 25.0. The fraction of sp³-hybridized carbons (Fsp3) is 0.531. The molecule has 0 radical (unpaired) electrons. The fourth-order valence-electron chi connectivity index (χ4n) is 5.52. The van der Waals surface area contributed by atoms with Crippen LogP contribution in [0.5, 0.6) is 0 Å². The van der Waals surface area contributed by atoms with Crippen molar-refractivity contribution in [1.82, 2.24) is 20.0 Å². The van der Waals surface area contributed by atoms with E-state index in [2.05, 4.69) is 34.5 Å². The van der Waals surface area contributed by atoms with Crippen molar-refractivity contribution in [2.75, 3.05) is 53.4 Å². The first-order chi connectivity index (χ1) is 19.5. The lowest BCUT2D eigenvalue weighted by Gasteiger charge is -2.35. The Morgan fingerprint density at radius 1 is 0.927 bits per heavy atom. The van der Waals surface area contributed by atoms with Crippen LogP contribution < -0.4 is 5.32 Å². The number of hydrogen-bond acceptors (Lipinski definition) is 6. The van der Waals surface area contributed by atoms with E-state index in [1.54, 1.807) is 9.80 Å². The molecule has 1 aliphatic carbocycles. The highest BCUT2D eigenvalue weighted by Crippen LogP contribution is 2.44. The van der Waals surface area contributed by atoms with Gasteiger partial charge in [0.05, 0.1) is 0 Å². The number of rotatable bonds is 9. The SMILES string of the molecule is CN(C)CCC[C@@H](CC(=O)N1CCN(C(=O)OCC2c3ccccc3-c3ccccc32)CC1)NC(=O)OC(C)(C)C. The molecule has 1 saturated heterocycles. The molecular weight excluding hydrogens is 520 g/mol. The Morgan fingerprint density at radius 2 is 1.49 bits per heavy atom. The molecule has 1 heterocycles. The van der Waals surface area contributed by atoms with Crippen molar-refractivity contribution in [3.05, 3.63) is 59.7 Å². The molecule has 9 heteroatoms. The van der Waals surface area contributed by atoms with Crippen molar-refractivity contribution in [3.8, 4) is 11.1 Å². The minimum absolute atomic E-state index is 0.0103. The molecule has 3 amide bonds. The van der Waals surface area contributed by atoms with Gasteiger partial charge in [-0.15, -0.1) is 0 Å². The number of piperazine rings is 1. The van der Waals surface area contributed by atoms with Gasteiger partial charge >= 0.3 is 12.2 Å². The third-order valence-electron chi connectivity index (χ3n) is 7.53. The number of hydrogen-bond donors (Lipinski definition) is 1. The summed E-state index contributed by atoms with van der Waals surface area (Å²) in [4.78, 5) is 44.1. The van der Waals surface area contributed by atoms with Gasteiger partial charge in [0.1, 0.15) is 12.2 Å². The van der Waals surface area contributed by atoms with Gasteiger partial charge in [-0.2, -0.15) is 0 Å². The maximum Gasteiger partial charge on any atom is 0.409 e. The molecule has 4 rings (SSSR count). The maximum atomic E-state index is 13.2. The summed E-state index contributed by atoms with van der Waals surface area (Å²) in [5.41, 5.74) is 4.13. The highest BCUT2D eigenvalue weighted by Gasteiger charge is 2.31. The van der Waals surface area contributed by atoms with Crippen LogP contribution in [0.2, 0.25) is 0 Å². The normalized spacial score (nSPS) is 15.8. The monoisotopic (exact) mass is 564 g/mol. The molecule has 0 saturated carbocycles. The van der Waals surface area contributed by atoms with E-state index >= 15 is 0 Å². The molecule has 2 aliphatic rings. The van der Waals surface area contributed by atoms with Crippen molar-refractivity contribution < 1.29 is 23.9 Å². The zero-order chi connectivity index (χ0) is 29.6. The molecule has 2 aromatic rings. The van der Waals surface area contributed by atoms with Gasteiger partial charge < -0.3 is 29.5 Å². The first kappa shape index (κ1) is 30.4. The second-order valence-electron chi connectivity index (χ2n) is 12.2. The van der Waals surface area contributed by atoms with Crippen LogP contribution in [0.3, 0.4) is 0 Å². The number of carbonyl (C=O) groups excluding carboxylic acids is 3. The number of nitrogens with one attached hydrogen (secondary N) is 1. The van der Waals surface area contributed by atoms with E-state index in [1.165, 1.54) is 22.3 Å². The smallest absolute Gasteiger partial charge is 0.409 e. The van der Waals surface area contributed by atoms with Gasteiger partial charge in [0.25, 0.3) is 0 Å². The summed E-state index contributed by atoms with van der Waals surface area (Å²) < 4.78 is 11.2. The molecule has 41 heavy (non-hydrogen) atoms. The summed E-state index contributed by atoms with van der Waals surface area (Å²) in [6, 6.07) is 16.2. The van der Waals surface area contributed by atoms with Crippen molar-refractivity contribution in [2.24, 2.45) is 0 Å². The number of benzene rings is 2. The molecule has 0 bridgehead atoms. The van der Waals surface area contributed by atoms with Gasteiger partial charge in [0, 0.05) is 44.6 Å². The van der Waals surface area contributed by atoms with E-state index in [1.807, 2.05) is 59.1 Å². The van der Waals surface area contributed by atoms with Crippen LogP contribution in [0.25, 0.3) is 11.1 Å². The Hall–Kier alpha value is -3.59. The Morgan fingerprint density at radius 3 is 2.05 bits per heavy atom. The second-order valence-corrected chi connectivity index (χ2v) is 12.2. The molecule has 9 nitrogen and oxygen atoms in total. The molecule has 0 unspecified atom stereocenters. The lowest BCUT2D eigenvalue weighted by Crippen LogP contribution is -2.52. The molecule has 0 spiro atoms. The molecule has 0 aromatic heterocycles. The number of nitrogens with zero attached hydrogens (tertiary/aromatic N) is 3. The number of carbonyl (C=O) groups is 3. The Kier molecular flexibility index (Phi) is 9.91. The molecule has 1 atom stereocenters. The van der Waals surface area contributed by atoms with E-state index in [0.717, 1.165) is 13.0 Å². The quantitative estimate of drug-likeness (QED) is 0.475. The highest BCUT2D eigenvalue weighted by atomic mass is 16.6. The summed E-state index contributed by atoms with van der Waals surface area (Å²) in [5.74, 6) is -0.0285. The van der Waals surface area contributed by atoms with E-state index in [0.29, 0.717) is 32.6 Å². The maximum absolute atomic E-state index is 13.2. The molecule has 1 N–H and O–H groups in total. The predicted octanol–water partition coefficient (Wildman–Crippen LogP) is 4.70. The van der Waals surface area contributed by atoms with Crippen molar-refractivity contribution in [1.29, 1.82) is 0 Å². The van der Waals surface area contributed by atoms with Crippen LogP contribution in [0, 0.1) is 0 Å². The summed E-state index contributed by atoms with van der Waals surface area (Å²) in [6.45, 7) is 8.26. The minimum Gasteiger partial charge on any atom is -0.448 e. The van der Waals surface area contributed by atoms with Gasteiger partial charge in [0.2, 0.25) is 5.91 Å². The predicted molar refractivity (Wildman–Crippen MR) is 159 cm³/mol. The molecule has 2 aromatic carbocycles. The van der Waals surface area contributed by atoms with E-state index in [-0.39, 0.29) is 37.0 Å². The van der Waals surface area contributed by atoms with Gasteiger partial charge in [-0.05, 0) is 76.5 Å². The Labute approximate surface area is 243 Å². The number of amides is 3. The number of ether oxygens (including phenoxy) is 2. The number of fused-ring (bicyclic) bond motifs is 3. The van der Waals surface area contributed by atoms with Gasteiger partial charge in [-0.3, -0.25) is 4.79 Å².